The summed E-state index contributed by atoms with van der Waals surface area (Å²) in [4.78, 5) is 23.3. The Bertz CT molecular complexity index is 567. The summed E-state index contributed by atoms with van der Waals surface area (Å²) < 4.78 is 15.2. The zero-order chi connectivity index (χ0) is 16.8. The second-order valence-corrected chi connectivity index (χ2v) is 5.73. The highest BCUT2D eigenvalue weighted by atomic mass is 16.5. The number of carbonyl (C=O) groups is 2. The Labute approximate surface area is 130 Å². The number of methoxy groups -OCH3 is 2. The fourth-order valence-corrected chi connectivity index (χ4v) is 1.52. The Hall–Kier alpha value is -2.30. The molecule has 0 fully saturated rings. The van der Waals surface area contributed by atoms with Crippen molar-refractivity contribution in [1.82, 2.24) is 0 Å². The van der Waals surface area contributed by atoms with E-state index in [4.69, 9.17) is 14.2 Å². The molecule has 0 aromatic heterocycles. The van der Waals surface area contributed by atoms with Gasteiger partial charge < -0.3 is 14.2 Å². The largest absolute Gasteiger partial charge is 0.493 e. The Morgan fingerprint density at radius 2 is 1.73 bits per heavy atom. The molecule has 5 heteroatoms. The van der Waals surface area contributed by atoms with Crippen LogP contribution in [0.2, 0.25) is 0 Å². The van der Waals surface area contributed by atoms with Gasteiger partial charge >= 0.3 is 5.97 Å². The van der Waals surface area contributed by atoms with Crippen LogP contribution in [0, 0.1) is 5.41 Å². The maximum Gasteiger partial charge on any atom is 0.331 e. The van der Waals surface area contributed by atoms with Gasteiger partial charge in [0.2, 0.25) is 0 Å². The molecule has 0 unspecified atom stereocenters. The average molecular weight is 306 g/mol. The monoisotopic (exact) mass is 306 g/mol. The van der Waals surface area contributed by atoms with Crippen LogP contribution in [0.25, 0.3) is 6.08 Å². The summed E-state index contributed by atoms with van der Waals surface area (Å²) in [5.74, 6) is 0.492. The van der Waals surface area contributed by atoms with Crippen molar-refractivity contribution in [2.45, 2.75) is 20.8 Å². The van der Waals surface area contributed by atoms with Gasteiger partial charge in [0.05, 0.1) is 14.2 Å². The van der Waals surface area contributed by atoms with Crippen molar-refractivity contribution >= 4 is 17.8 Å². The molecule has 120 valence electrons. The SMILES string of the molecule is COc1ccc(C=CC(=O)OCC(=O)C(C)(C)C)cc1OC. The molecule has 1 aromatic carbocycles. The Morgan fingerprint density at radius 3 is 2.27 bits per heavy atom. The molecule has 1 rings (SSSR count). The van der Waals surface area contributed by atoms with Gasteiger partial charge in [0, 0.05) is 11.5 Å². The molecule has 0 bridgehead atoms. The van der Waals surface area contributed by atoms with E-state index in [1.807, 2.05) is 0 Å². The average Bonchev–Trinajstić information content (AvgIpc) is 2.49. The molecule has 0 aliphatic heterocycles. The van der Waals surface area contributed by atoms with Gasteiger partial charge in [-0.2, -0.15) is 0 Å². The number of hydrogen-bond donors (Lipinski definition) is 0. The summed E-state index contributed by atoms with van der Waals surface area (Å²) in [5.41, 5.74) is 0.240. The number of hydrogen-bond acceptors (Lipinski definition) is 5. The molecule has 0 aliphatic carbocycles. The minimum absolute atomic E-state index is 0.125. The number of rotatable bonds is 6. The number of carbonyl (C=O) groups excluding carboxylic acids is 2. The van der Waals surface area contributed by atoms with Gasteiger partial charge in [-0.3, -0.25) is 4.79 Å². The van der Waals surface area contributed by atoms with Gasteiger partial charge in [-0.1, -0.05) is 26.8 Å². The molecule has 0 spiro atoms. The smallest absolute Gasteiger partial charge is 0.331 e. The van der Waals surface area contributed by atoms with Crippen molar-refractivity contribution < 1.29 is 23.8 Å². The minimum Gasteiger partial charge on any atom is -0.493 e. The van der Waals surface area contributed by atoms with E-state index in [1.165, 1.54) is 13.2 Å². The van der Waals surface area contributed by atoms with Gasteiger partial charge in [-0.15, -0.1) is 0 Å². The fourth-order valence-electron chi connectivity index (χ4n) is 1.52. The van der Waals surface area contributed by atoms with Crippen LogP contribution in [0.4, 0.5) is 0 Å². The molecular formula is C17H22O5. The van der Waals surface area contributed by atoms with E-state index in [9.17, 15) is 9.59 Å². The lowest BCUT2D eigenvalue weighted by Gasteiger charge is -2.15. The molecule has 0 heterocycles. The number of benzene rings is 1. The molecule has 22 heavy (non-hydrogen) atoms. The lowest BCUT2D eigenvalue weighted by atomic mass is 9.91. The van der Waals surface area contributed by atoms with Crippen LogP contribution >= 0.6 is 0 Å². The molecule has 0 saturated carbocycles. The Morgan fingerprint density at radius 1 is 1.09 bits per heavy atom. The molecule has 1 aromatic rings. The van der Waals surface area contributed by atoms with Crippen LogP contribution in [-0.4, -0.2) is 32.6 Å². The molecule has 0 amide bonds. The van der Waals surface area contributed by atoms with Crippen molar-refractivity contribution in [3.8, 4) is 11.5 Å². The van der Waals surface area contributed by atoms with Crippen molar-refractivity contribution in [1.29, 1.82) is 0 Å². The third-order valence-corrected chi connectivity index (χ3v) is 3.00. The lowest BCUT2D eigenvalue weighted by molar-refractivity contribution is -0.145. The highest BCUT2D eigenvalue weighted by Gasteiger charge is 2.21. The summed E-state index contributed by atoms with van der Waals surface area (Å²) >= 11 is 0. The first kappa shape index (κ1) is 17.8. The van der Waals surface area contributed by atoms with E-state index in [2.05, 4.69) is 0 Å². The zero-order valence-electron chi connectivity index (χ0n) is 13.6. The Balaban J connectivity index is 2.65. The van der Waals surface area contributed by atoms with Gasteiger partial charge in [-0.05, 0) is 23.8 Å². The van der Waals surface area contributed by atoms with Gasteiger partial charge in [0.15, 0.2) is 23.9 Å². The highest BCUT2D eigenvalue weighted by Crippen LogP contribution is 2.27. The number of ether oxygens (including phenoxy) is 3. The zero-order valence-corrected chi connectivity index (χ0v) is 13.6. The second-order valence-electron chi connectivity index (χ2n) is 5.73. The van der Waals surface area contributed by atoms with E-state index in [1.54, 1.807) is 52.2 Å². The first-order valence-electron chi connectivity index (χ1n) is 6.88. The van der Waals surface area contributed by atoms with Crippen LogP contribution < -0.4 is 9.47 Å². The summed E-state index contributed by atoms with van der Waals surface area (Å²) in [6.07, 6.45) is 2.86. The van der Waals surface area contributed by atoms with Crippen molar-refractivity contribution in [2.24, 2.45) is 5.41 Å². The van der Waals surface area contributed by atoms with Crippen LogP contribution in [0.15, 0.2) is 24.3 Å². The highest BCUT2D eigenvalue weighted by molar-refractivity contribution is 5.91. The Kier molecular flexibility index (Phi) is 6.16. The van der Waals surface area contributed by atoms with Crippen molar-refractivity contribution in [3.05, 3.63) is 29.8 Å². The maximum atomic E-state index is 11.7. The van der Waals surface area contributed by atoms with Crippen LogP contribution in [0.3, 0.4) is 0 Å². The predicted molar refractivity (Wildman–Crippen MR) is 84.0 cm³/mol. The number of Topliss-reactive ketones (excluding diaryl/α,β-unsaturated/α-hetero) is 1. The normalized spacial score (nSPS) is 11.3. The second kappa shape index (κ2) is 7.64. The maximum absolute atomic E-state index is 11.7. The van der Waals surface area contributed by atoms with Crippen LogP contribution in [0.1, 0.15) is 26.3 Å². The van der Waals surface area contributed by atoms with Gasteiger partial charge in [0.25, 0.3) is 0 Å². The third kappa shape index (κ3) is 5.24. The summed E-state index contributed by atoms with van der Waals surface area (Å²) in [5, 5.41) is 0. The van der Waals surface area contributed by atoms with E-state index in [0.717, 1.165) is 5.56 Å². The summed E-state index contributed by atoms with van der Waals surface area (Å²) in [6, 6.07) is 5.27. The fraction of sp³-hybridized carbons (Fsp3) is 0.412. The quantitative estimate of drug-likeness (QED) is 0.597. The molecule has 0 N–H and O–H groups in total. The molecule has 0 atom stereocenters. The van der Waals surface area contributed by atoms with Crippen LogP contribution in [0.5, 0.6) is 11.5 Å². The topological polar surface area (TPSA) is 61.8 Å². The first-order valence-corrected chi connectivity index (χ1v) is 6.88. The van der Waals surface area contributed by atoms with E-state index in [-0.39, 0.29) is 12.4 Å². The molecule has 0 aliphatic rings. The van der Waals surface area contributed by atoms with Crippen LogP contribution in [-0.2, 0) is 14.3 Å². The predicted octanol–water partition coefficient (Wildman–Crippen LogP) is 2.88. The summed E-state index contributed by atoms with van der Waals surface area (Å²) in [7, 11) is 3.09. The molecule has 0 radical (unpaired) electrons. The summed E-state index contributed by atoms with van der Waals surface area (Å²) in [6.45, 7) is 5.12. The van der Waals surface area contributed by atoms with Crippen molar-refractivity contribution in [2.75, 3.05) is 20.8 Å². The number of esters is 1. The standard InChI is InChI=1S/C17H22O5/c1-17(2,3)15(18)11-22-16(19)9-7-12-6-8-13(20-4)14(10-12)21-5/h6-10H,11H2,1-5H3. The molecule has 0 saturated heterocycles. The third-order valence-electron chi connectivity index (χ3n) is 3.00. The van der Waals surface area contributed by atoms with Crippen molar-refractivity contribution in [3.63, 3.8) is 0 Å². The van der Waals surface area contributed by atoms with Gasteiger partial charge in [-0.25, -0.2) is 4.79 Å². The van der Waals surface area contributed by atoms with E-state index in [0.29, 0.717) is 11.5 Å². The lowest BCUT2D eigenvalue weighted by Crippen LogP contribution is -2.25. The minimum atomic E-state index is -0.563. The first-order chi connectivity index (χ1) is 10.3. The van der Waals surface area contributed by atoms with E-state index < -0.39 is 11.4 Å². The van der Waals surface area contributed by atoms with E-state index >= 15 is 0 Å². The molecular weight excluding hydrogens is 284 g/mol. The molecule has 5 nitrogen and oxygen atoms in total. The number of ketones is 1. The van der Waals surface area contributed by atoms with Gasteiger partial charge in [0.1, 0.15) is 0 Å².